The van der Waals surface area contributed by atoms with Crippen LogP contribution in [0.3, 0.4) is 0 Å². The first-order valence-electron chi connectivity index (χ1n) is 6.02. The fourth-order valence-electron chi connectivity index (χ4n) is 2.21. The van der Waals surface area contributed by atoms with Crippen molar-refractivity contribution in [2.24, 2.45) is 0 Å². The number of anilines is 1. The molecule has 1 saturated heterocycles. The molecule has 1 aliphatic heterocycles. The second-order valence-corrected chi connectivity index (χ2v) is 6.10. The second kappa shape index (κ2) is 5.56. The molecule has 0 aliphatic carbocycles. The monoisotopic (exact) mass is 343 g/mol. The molecular weight excluding hydrogens is 330 g/mol. The third-order valence-electron chi connectivity index (χ3n) is 3.11. The van der Waals surface area contributed by atoms with Gasteiger partial charge in [0.25, 0.3) is 0 Å². The van der Waals surface area contributed by atoms with E-state index in [1.54, 1.807) is 7.11 Å². The number of rotatable bonds is 4. The summed E-state index contributed by atoms with van der Waals surface area (Å²) >= 11 is 4.86. The Morgan fingerprint density at radius 1 is 1.58 bits per heavy atom. The lowest BCUT2D eigenvalue weighted by atomic mass is 10.3. The van der Waals surface area contributed by atoms with Crippen molar-refractivity contribution in [2.75, 3.05) is 25.1 Å². The standard InChI is InChI=1S/C11H14BrN5OS/c1-18-7-10-14-11(19-15-10)16-3-2-9(6-16)17-5-8(12)4-13-17/h4-5,9H,2-3,6-7H2,1H3. The summed E-state index contributed by atoms with van der Waals surface area (Å²) in [4.78, 5) is 6.75. The quantitative estimate of drug-likeness (QED) is 0.850. The van der Waals surface area contributed by atoms with Crippen molar-refractivity contribution in [3.05, 3.63) is 22.7 Å². The van der Waals surface area contributed by atoms with Crippen LogP contribution in [0.4, 0.5) is 5.13 Å². The fraction of sp³-hybridized carbons (Fsp3) is 0.545. The normalized spacial score (nSPS) is 19.3. The average molecular weight is 344 g/mol. The third kappa shape index (κ3) is 2.80. The molecule has 0 bridgehead atoms. The SMILES string of the molecule is COCc1nsc(N2CCC(n3cc(Br)cn3)C2)n1. The average Bonchev–Trinajstić information content (AvgIpc) is 3.07. The van der Waals surface area contributed by atoms with E-state index < -0.39 is 0 Å². The minimum Gasteiger partial charge on any atom is -0.377 e. The van der Waals surface area contributed by atoms with Crippen LogP contribution >= 0.6 is 27.5 Å². The summed E-state index contributed by atoms with van der Waals surface area (Å²) in [7, 11) is 1.65. The Balaban J connectivity index is 1.67. The van der Waals surface area contributed by atoms with Crippen LogP contribution in [0.25, 0.3) is 0 Å². The van der Waals surface area contributed by atoms with Gasteiger partial charge < -0.3 is 9.64 Å². The molecule has 1 unspecified atom stereocenters. The molecule has 6 nitrogen and oxygen atoms in total. The van der Waals surface area contributed by atoms with Crippen molar-refractivity contribution >= 4 is 32.6 Å². The molecule has 19 heavy (non-hydrogen) atoms. The van der Waals surface area contributed by atoms with Gasteiger partial charge in [0.1, 0.15) is 6.61 Å². The highest BCUT2D eigenvalue weighted by molar-refractivity contribution is 9.10. The minimum atomic E-state index is 0.404. The van der Waals surface area contributed by atoms with E-state index >= 15 is 0 Å². The first-order valence-corrected chi connectivity index (χ1v) is 7.59. The Hall–Kier alpha value is -0.990. The Labute approximate surface area is 123 Å². The molecule has 0 amide bonds. The predicted octanol–water partition coefficient (Wildman–Crippen LogP) is 2.09. The number of hydrogen-bond donors (Lipinski definition) is 0. The van der Waals surface area contributed by atoms with Gasteiger partial charge >= 0.3 is 0 Å². The Morgan fingerprint density at radius 2 is 2.47 bits per heavy atom. The van der Waals surface area contributed by atoms with E-state index in [1.807, 2.05) is 17.1 Å². The van der Waals surface area contributed by atoms with Gasteiger partial charge in [0, 0.05) is 37.9 Å². The molecule has 0 N–H and O–H groups in total. The van der Waals surface area contributed by atoms with Crippen molar-refractivity contribution in [1.82, 2.24) is 19.1 Å². The molecule has 0 saturated carbocycles. The maximum absolute atomic E-state index is 5.04. The third-order valence-corrected chi connectivity index (χ3v) is 4.33. The molecule has 2 aromatic rings. The Bertz CT molecular complexity index is 557. The van der Waals surface area contributed by atoms with Crippen LogP contribution in [0.15, 0.2) is 16.9 Å². The first-order chi connectivity index (χ1) is 9.26. The number of nitrogens with zero attached hydrogens (tertiary/aromatic N) is 5. The molecule has 1 atom stereocenters. The molecule has 3 heterocycles. The van der Waals surface area contributed by atoms with Crippen molar-refractivity contribution in [3.63, 3.8) is 0 Å². The lowest BCUT2D eigenvalue weighted by Gasteiger charge is -2.14. The number of hydrogen-bond acceptors (Lipinski definition) is 6. The lowest BCUT2D eigenvalue weighted by Crippen LogP contribution is -2.20. The molecule has 8 heteroatoms. The van der Waals surface area contributed by atoms with Gasteiger partial charge in [-0.25, -0.2) is 4.98 Å². The molecule has 102 valence electrons. The zero-order valence-corrected chi connectivity index (χ0v) is 12.9. The van der Waals surface area contributed by atoms with E-state index in [0.29, 0.717) is 12.6 Å². The molecule has 2 aromatic heterocycles. The van der Waals surface area contributed by atoms with Gasteiger partial charge in [0.15, 0.2) is 5.82 Å². The van der Waals surface area contributed by atoms with Gasteiger partial charge in [0.05, 0.1) is 16.7 Å². The summed E-state index contributed by atoms with van der Waals surface area (Å²) in [6.07, 6.45) is 4.92. The van der Waals surface area contributed by atoms with E-state index in [4.69, 9.17) is 4.74 Å². The fourth-order valence-corrected chi connectivity index (χ4v) is 3.22. The smallest absolute Gasteiger partial charge is 0.205 e. The highest BCUT2D eigenvalue weighted by Gasteiger charge is 2.26. The van der Waals surface area contributed by atoms with Gasteiger partial charge in [-0.15, -0.1) is 0 Å². The molecule has 0 spiro atoms. The van der Waals surface area contributed by atoms with Crippen molar-refractivity contribution in [1.29, 1.82) is 0 Å². The number of halogens is 1. The van der Waals surface area contributed by atoms with Gasteiger partial charge in [-0.2, -0.15) is 9.47 Å². The maximum atomic E-state index is 5.04. The van der Waals surface area contributed by atoms with Gasteiger partial charge in [-0.1, -0.05) is 0 Å². The Morgan fingerprint density at radius 3 is 3.21 bits per heavy atom. The zero-order valence-electron chi connectivity index (χ0n) is 10.5. The molecule has 0 aromatic carbocycles. The summed E-state index contributed by atoms with van der Waals surface area (Å²) in [5, 5.41) is 5.32. The van der Waals surface area contributed by atoms with Crippen LogP contribution in [0, 0.1) is 0 Å². The number of methoxy groups -OCH3 is 1. The van der Waals surface area contributed by atoms with Gasteiger partial charge in [0.2, 0.25) is 5.13 Å². The van der Waals surface area contributed by atoms with Crippen molar-refractivity contribution in [3.8, 4) is 0 Å². The Kier molecular flexibility index (Phi) is 3.81. The summed E-state index contributed by atoms with van der Waals surface area (Å²) in [5.41, 5.74) is 0. The van der Waals surface area contributed by atoms with E-state index in [0.717, 1.165) is 34.9 Å². The maximum Gasteiger partial charge on any atom is 0.205 e. The first kappa shape index (κ1) is 13.0. The minimum absolute atomic E-state index is 0.404. The van der Waals surface area contributed by atoms with E-state index in [9.17, 15) is 0 Å². The molecular formula is C11H14BrN5OS. The van der Waals surface area contributed by atoms with Crippen LogP contribution in [0.2, 0.25) is 0 Å². The van der Waals surface area contributed by atoms with Crippen LogP contribution in [-0.2, 0) is 11.3 Å². The van der Waals surface area contributed by atoms with Gasteiger partial charge in [-0.05, 0) is 22.4 Å². The highest BCUT2D eigenvalue weighted by atomic mass is 79.9. The number of ether oxygens (including phenoxy) is 1. The molecule has 1 fully saturated rings. The summed E-state index contributed by atoms with van der Waals surface area (Å²) in [6.45, 7) is 2.39. The van der Waals surface area contributed by atoms with Crippen molar-refractivity contribution < 1.29 is 4.74 Å². The molecule has 1 aliphatic rings. The largest absolute Gasteiger partial charge is 0.377 e. The van der Waals surface area contributed by atoms with Crippen molar-refractivity contribution in [2.45, 2.75) is 19.1 Å². The van der Waals surface area contributed by atoms with Crippen LogP contribution in [0.5, 0.6) is 0 Å². The molecule has 3 rings (SSSR count). The van der Waals surface area contributed by atoms with Crippen LogP contribution < -0.4 is 4.90 Å². The van der Waals surface area contributed by atoms with E-state index in [-0.39, 0.29) is 0 Å². The highest BCUT2D eigenvalue weighted by Crippen LogP contribution is 2.28. The number of aromatic nitrogens is 4. The zero-order chi connectivity index (χ0) is 13.2. The van der Waals surface area contributed by atoms with E-state index in [2.05, 4.69) is 35.3 Å². The summed E-state index contributed by atoms with van der Waals surface area (Å²) in [6, 6.07) is 0.404. The van der Waals surface area contributed by atoms with E-state index in [1.165, 1.54) is 11.5 Å². The second-order valence-electron chi connectivity index (χ2n) is 4.45. The van der Waals surface area contributed by atoms with Crippen LogP contribution in [-0.4, -0.2) is 39.3 Å². The summed E-state index contributed by atoms with van der Waals surface area (Å²) in [5.74, 6) is 0.757. The molecule has 0 radical (unpaired) electrons. The summed E-state index contributed by atoms with van der Waals surface area (Å²) < 4.78 is 12.4. The van der Waals surface area contributed by atoms with Gasteiger partial charge in [-0.3, -0.25) is 4.68 Å². The topological polar surface area (TPSA) is 56.1 Å². The van der Waals surface area contributed by atoms with Crippen LogP contribution in [0.1, 0.15) is 18.3 Å². The lowest BCUT2D eigenvalue weighted by molar-refractivity contribution is 0.179. The predicted molar refractivity (Wildman–Crippen MR) is 76.4 cm³/mol.